The lowest BCUT2D eigenvalue weighted by Gasteiger charge is -2.23. The number of hydrogen-bond acceptors (Lipinski definition) is 5. The second kappa shape index (κ2) is 5.91. The third kappa shape index (κ3) is 2.76. The molecule has 4 rings (SSSR count). The average molecular weight is 324 g/mol. The highest BCUT2D eigenvalue weighted by molar-refractivity contribution is 6.24. The molecule has 5 heteroatoms. The number of carbonyl (C=O) groups excluding carboxylic acids is 2. The van der Waals surface area contributed by atoms with Gasteiger partial charge in [0.05, 0.1) is 30.2 Å². The molecule has 2 heterocycles. The standard InChI is InChI=1S/C19H20N2O3/c1-13-16(20-7-8-20)19(23)15(17(18(13)22)21-9-10-21)12-24-11-14-5-3-2-4-6-14/h2-6H,7-12H2,1H3. The van der Waals surface area contributed by atoms with E-state index in [0.717, 1.165) is 31.7 Å². The van der Waals surface area contributed by atoms with Gasteiger partial charge in [0, 0.05) is 31.8 Å². The minimum absolute atomic E-state index is 0.0210. The van der Waals surface area contributed by atoms with E-state index in [1.165, 1.54) is 0 Å². The number of Topliss-reactive ketones (excluding diaryl/α,β-unsaturated/α-hetero) is 2. The molecule has 5 nitrogen and oxygen atoms in total. The maximum Gasteiger partial charge on any atom is 0.210 e. The summed E-state index contributed by atoms with van der Waals surface area (Å²) < 4.78 is 5.77. The molecule has 0 bridgehead atoms. The van der Waals surface area contributed by atoms with Gasteiger partial charge < -0.3 is 14.5 Å². The first-order valence-electron chi connectivity index (χ1n) is 8.32. The van der Waals surface area contributed by atoms with E-state index in [2.05, 4.69) is 0 Å². The molecule has 1 aromatic carbocycles. The summed E-state index contributed by atoms with van der Waals surface area (Å²) in [6.45, 7) is 5.74. The number of ether oxygens (including phenoxy) is 1. The summed E-state index contributed by atoms with van der Waals surface area (Å²) in [5.41, 5.74) is 3.27. The molecule has 0 N–H and O–H groups in total. The van der Waals surface area contributed by atoms with Crippen molar-refractivity contribution in [2.45, 2.75) is 13.5 Å². The van der Waals surface area contributed by atoms with E-state index in [1.54, 1.807) is 6.92 Å². The van der Waals surface area contributed by atoms with E-state index in [-0.39, 0.29) is 18.2 Å². The van der Waals surface area contributed by atoms with Gasteiger partial charge in [-0.1, -0.05) is 30.3 Å². The van der Waals surface area contributed by atoms with Crippen LogP contribution in [-0.2, 0) is 20.9 Å². The maximum absolute atomic E-state index is 12.9. The van der Waals surface area contributed by atoms with Gasteiger partial charge in [-0.15, -0.1) is 0 Å². The van der Waals surface area contributed by atoms with Crippen LogP contribution in [0.4, 0.5) is 0 Å². The Labute approximate surface area is 141 Å². The molecule has 1 aliphatic carbocycles. The first-order chi connectivity index (χ1) is 11.7. The smallest absolute Gasteiger partial charge is 0.210 e. The van der Waals surface area contributed by atoms with E-state index < -0.39 is 0 Å². The molecular formula is C19H20N2O3. The molecule has 0 spiro atoms. The predicted octanol–water partition coefficient (Wildman–Crippen LogP) is 1.51. The van der Waals surface area contributed by atoms with Crippen LogP contribution in [0.5, 0.6) is 0 Å². The van der Waals surface area contributed by atoms with Crippen molar-refractivity contribution in [1.82, 2.24) is 9.80 Å². The zero-order valence-electron chi connectivity index (χ0n) is 13.7. The number of nitrogens with zero attached hydrogens (tertiary/aromatic N) is 2. The Hall–Kier alpha value is -2.40. The quantitative estimate of drug-likeness (QED) is 0.586. The van der Waals surface area contributed by atoms with Crippen molar-refractivity contribution in [3.63, 3.8) is 0 Å². The van der Waals surface area contributed by atoms with Gasteiger partial charge in [0.25, 0.3) is 0 Å². The molecular weight excluding hydrogens is 304 g/mol. The Balaban J connectivity index is 1.56. The number of rotatable bonds is 6. The molecule has 0 saturated carbocycles. The van der Waals surface area contributed by atoms with Gasteiger partial charge >= 0.3 is 0 Å². The molecule has 0 aromatic heterocycles. The fraction of sp³-hybridized carbons (Fsp3) is 0.368. The molecule has 0 unspecified atom stereocenters. The maximum atomic E-state index is 12.9. The molecule has 2 saturated heterocycles. The Morgan fingerprint density at radius 2 is 1.50 bits per heavy atom. The first-order valence-corrected chi connectivity index (χ1v) is 8.32. The van der Waals surface area contributed by atoms with Crippen LogP contribution >= 0.6 is 0 Å². The van der Waals surface area contributed by atoms with Crippen LogP contribution in [0.3, 0.4) is 0 Å². The number of carbonyl (C=O) groups is 2. The summed E-state index contributed by atoms with van der Waals surface area (Å²) in [6.07, 6.45) is 0. The molecule has 24 heavy (non-hydrogen) atoms. The molecule has 2 aliphatic heterocycles. The summed E-state index contributed by atoms with van der Waals surface area (Å²) in [7, 11) is 0. The van der Waals surface area contributed by atoms with Gasteiger partial charge in [0.2, 0.25) is 11.6 Å². The third-order valence-corrected chi connectivity index (χ3v) is 4.57. The fourth-order valence-corrected chi connectivity index (χ4v) is 3.08. The van der Waals surface area contributed by atoms with Gasteiger partial charge in [-0.2, -0.15) is 0 Å². The van der Waals surface area contributed by atoms with Gasteiger partial charge in [-0.3, -0.25) is 9.59 Å². The fourth-order valence-electron chi connectivity index (χ4n) is 3.08. The molecule has 124 valence electrons. The molecule has 0 radical (unpaired) electrons. The van der Waals surface area contributed by atoms with E-state index in [9.17, 15) is 9.59 Å². The minimum Gasteiger partial charge on any atom is -0.372 e. The lowest BCUT2D eigenvalue weighted by atomic mass is 9.91. The number of hydrogen-bond donors (Lipinski definition) is 0. The predicted molar refractivity (Wildman–Crippen MR) is 89.0 cm³/mol. The topological polar surface area (TPSA) is 49.4 Å². The van der Waals surface area contributed by atoms with Gasteiger partial charge in [0.15, 0.2) is 0 Å². The second-order valence-corrected chi connectivity index (χ2v) is 6.41. The highest BCUT2D eigenvalue weighted by Crippen LogP contribution is 2.33. The number of ketones is 2. The van der Waals surface area contributed by atoms with Crippen molar-refractivity contribution in [1.29, 1.82) is 0 Å². The highest BCUT2D eigenvalue weighted by Gasteiger charge is 2.41. The minimum atomic E-state index is -0.0421. The summed E-state index contributed by atoms with van der Waals surface area (Å²) in [4.78, 5) is 29.6. The normalized spacial score (nSPS) is 20.2. The SMILES string of the molecule is CC1=C(N2CC2)C(=O)C(COCc2ccccc2)=C(N2CC2)C1=O. The van der Waals surface area contributed by atoms with Crippen LogP contribution in [0.15, 0.2) is 52.9 Å². The van der Waals surface area contributed by atoms with Gasteiger partial charge in [-0.25, -0.2) is 0 Å². The summed E-state index contributed by atoms with van der Waals surface area (Å²) >= 11 is 0. The average Bonchev–Trinajstić information content (AvgIpc) is 3.46. The van der Waals surface area contributed by atoms with E-state index >= 15 is 0 Å². The summed E-state index contributed by atoms with van der Waals surface area (Å²) in [5.74, 6) is -0.0631. The Kier molecular flexibility index (Phi) is 3.73. The van der Waals surface area contributed by atoms with Crippen molar-refractivity contribution in [3.8, 4) is 0 Å². The lowest BCUT2D eigenvalue weighted by Crippen LogP contribution is -2.31. The van der Waals surface area contributed by atoms with Crippen LogP contribution < -0.4 is 0 Å². The van der Waals surface area contributed by atoms with Crippen molar-refractivity contribution < 1.29 is 14.3 Å². The van der Waals surface area contributed by atoms with Crippen molar-refractivity contribution in [2.24, 2.45) is 0 Å². The van der Waals surface area contributed by atoms with Gasteiger partial charge in [-0.05, 0) is 12.5 Å². The van der Waals surface area contributed by atoms with E-state index in [0.29, 0.717) is 29.1 Å². The van der Waals surface area contributed by atoms with Crippen molar-refractivity contribution in [2.75, 3.05) is 32.8 Å². The number of allylic oxidation sites excluding steroid dienone is 2. The van der Waals surface area contributed by atoms with Crippen LogP contribution in [0.2, 0.25) is 0 Å². The number of benzene rings is 1. The molecule has 0 atom stereocenters. The van der Waals surface area contributed by atoms with Crippen LogP contribution in [0, 0.1) is 0 Å². The third-order valence-electron chi connectivity index (χ3n) is 4.57. The monoisotopic (exact) mass is 324 g/mol. The summed E-state index contributed by atoms with van der Waals surface area (Å²) in [6, 6.07) is 9.84. The molecule has 2 fully saturated rings. The van der Waals surface area contributed by atoms with E-state index in [1.807, 2.05) is 40.1 Å². The van der Waals surface area contributed by atoms with Crippen LogP contribution in [0.1, 0.15) is 12.5 Å². The zero-order chi connectivity index (χ0) is 16.7. The molecule has 0 amide bonds. The Bertz CT molecular complexity index is 756. The highest BCUT2D eigenvalue weighted by atomic mass is 16.5. The molecule has 1 aromatic rings. The first kappa shape index (κ1) is 15.1. The largest absolute Gasteiger partial charge is 0.372 e. The summed E-state index contributed by atoms with van der Waals surface area (Å²) in [5, 5.41) is 0. The van der Waals surface area contributed by atoms with Crippen molar-refractivity contribution in [3.05, 3.63) is 58.4 Å². The van der Waals surface area contributed by atoms with Gasteiger partial charge in [0.1, 0.15) is 0 Å². The zero-order valence-corrected chi connectivity index (χ0v) is 13.7. The second-order valence-electron chi connectivity index (χ2n) is 6.41. The van der Waals surface area contributed by atoms with Crippen LogP contribution in [0.25, 0.3) is 0 Å². The lowest BCUT2D eigenvalue weighted by molar-refractivity contribution is -0.118. The van der Waals surface area contributed by atoms with E-state index in [4.69, 9.17) is 4.74 Å². The van der Waals surface area contributed by atoms with Crippen molar-refractivity contribution >= 4 is 11.6 Å². The molecule has 3 aliphatic rings. The Morgan fingerprint density at radius 1 is 0.875 bits per heavy atom. The Morgan fingerprint density at radius 3 is 2.12 bits per heavy atom. The van der Waals surface area contributed by atoms with Crippen LogP contribution in [-0.4, -0.2) is 54.2 Å².